The average molecular weight is 220 g/mol. The Kier molecular flexibility index (Phi) is 2.63. The van der Waals surface area contributed by atoms with E-state index in [1.807, 2.05) is 0 Å². The third kappa shape index (κ3) is 1.65. The molecule has 0 aliphatic heterocycles. The Morgan fingerprint density at radius 3 is 2.25 bits per heavy atom. The van der Waals surface area contributed by atoms with Gasteiger partial charge in [-0.15, -0.1) is 10.2 Å². The molecule has 0 aliphatic carbocycles. The molecule has 84 valence electrons. The maximum atomic E-state index is 5.78. The number of hydrogen-bond acceptors (Lipinski definition) is 5. The Labute approximate surface area is 92.6 Å². The number of nitrogens with zero attached hydrogens (tertiary/aromatic N) is 3. The first-order valence-corrected chi connectivity index (χ1v) is 4.62. The summed E-state index contributed by atoms with van der Waals surface area (Å²) in [7, 11) is 3.14. The van der Waals surface area contributed by atoms with Gasteiger partial charge >= 0.3 is 0 Å². The van der Waals surface area contributed by atoms with Crippen LogP contribution < -0.4 is 15.2 Å². The van der Waals surface area contributed by atoms with Gasteiger partial charge in [0, 0.05) is 12.1 Å². The van der Waals surface area contributed by atoms with E-state index in [1.165, 1.54) is 0 Å². The number of nitrogen functional groups attached to an aromatic ring is 1. The lowest BCUT2D eigenvalue weighted by Gasteiger charge is -2.12. The van der Waals surface area contributed by atoms with Crippen LogP contribution in [0.3, 0.4) is 0 Å². The molecular formula is C10H12N4O2. The standard InChI is InChI=1S/C10H12N4O2/c1-15-9-4-8(14-5-12-13-6-14)10(16-2)3-7(9)11/h3-6H,11H2,1-2H3. The molecule has 0 fully saturated rings. The monoisotopic (exact) mass is 220 g/mol. The molecule has 1 aromatic heterocycles. The summed E-state index contributed by atoms with van der Waals surface area (Å²) in [6.07, 6.45) is 3.15. The van der Waals surface area contributed by atoms with Crippen LogP contribution in [0.5, 0.6) is 11.5 Å². The Hall–Kier alpha value is -2.24. The SMILES string of the molecule is COc1cc(-n2cnnc2)c(OC)cc1N. The zero-order chi connectivity index (χ0) is 11.5. The molecule has 0 aliphatic rings. The van der Waals surface area contributed by atoms with E-state index in [4.69, 9.17) is 15.2 Å². The van der Waals surface area contributed by atoms with Gasteiger partial charge in [0.1, 0.15) is 24.2 Å². The quantitative estimate of drug-likeness (QED) is 0.777. The third-order valence-corrected chi connectivity index (χ3v) is 2.23. The molecule has 0 radical (unpaired) electrons. The minimum absolute atomic E-state index is 0.524. The molecule has 0 unspecified atom stereocenters. The fourth-order valence-corrected chi connectivity index (χ4v) is 1.43. The predicted molar refractivity (Wildman–Crippen MR) is 58.9 cm³/mol. The van der Waals surface area contributed by atoms with E-state index in [9.17, 15) is 0 Å². The zero-order valence-corrected chi connectivity index (χ0v) is 9.04. The van der Waals surface area contributed by atoms with Crippen molar-refractivity contribution >= 4 is 5.69 Å². The highest BCUT2D eigenvalue weighted by molar-refractivity contribution is 5.64. The van der Waals surface area contributed by atoms with Crippen LogP contribution in [0.15, 0.2) is 24.8 Å². The summed E-state index contributed by atoms with van der Waals surface area (Å²) < 4.78 is 12.1. The molecule has 0 amide bonds. The Bertz CT molecular complexity index is 482. The third-order valence-electron chi connectivity index (χ3n) is 2.23. The molecule has 1 heterocycles. The molecule has 0 spiro atoms. The van der Waals surface area contributed by atoms with Crippen molar-refractivity contribution in [3.8, 4) is 17.2 Å². The van der Waals surface area contributed by atoms with Gasteiger partial charge in [0.25, 0.3) is 0 Å². The Balaban J connectivity index is 2.58. The average Bonchev–Trinajstić information content (AvgIpc) is 2.82. The second kappa shape index (κ2) is 4.09. The van der Waals surface area contributed by atoms with Gasteiger partial charge in [-0.05, 0) is 0 Å². The molecule has 16 heavy (non-hydrogen) atoms. The summed E-state index contributed by atoms with van der Waals surface area (Å²) in [5, 5.41) is 7.47. The zero-order valence-electron chi connectivity index (χ0n) is 9.04. The summed E-state index contributed by atoms with van der Waals surface area (Å²) in [6.45, 7) is 0. The van der Waals surface area contributed by atoms with Crippen LogP contribution in [0.4, 0.5) is 5.69 Å². The highest BCUT2D eigenvalue weighted by atomic mass is 16.5. The molecule has 6 heteroatoms. The molecule has 0 saturated carbocycles. The molecular weight excluding hydrogens is 208 g/mol. The molecule has 0 atom stereocenters. The Morgan fingerprint density at radius 1 is 1.06 bits per heavy atom. The van der Waals surface area contributed by atoms with Gasteiger partial charge in [0.2, 0.25) is 0 Å². The van der Waals surface area contributed by atoms with Gasteiger partial charge in [0.05, 0.1) is 25.6 Å². The lowest BCUT2D eigenvalue weighted by Crippen LogP contribution is -2.00. The molecule has 6 nitrogen and oxygen atoms in total. The van der Waals surface area contributed by atoms with Gasteiger partial charge in [0.15, 0.2) is 0 Å². The van der Waals surface area contributed by atoms with Crippen molar-refractivity contribution in [2.75, 3.05) is 20.0 Å². The van der Waals surface area contributed by atoms with Crippen LogP contribution >= 0.6 is 0 Å². The number of hydrogen-bond donors (Lipinski definition) is 1. The van der Waals surface area contributed by atoms with Crippen molar-refractivity contribution < 1.29 is 9.47 Å². The number of benzene rings is 1. The molecule has 2 aromatic rings. The number of nitrogens with two attached hydrogens (primary N) is 1. The number of rotatable bonds is 3. The lowest BCUT2D eigenvalue weighted by atomic mass is 10.2. The van der Waals surface area contributed by atoms with Crippen molar-refractivity contribution in [3.63, 3.8) is 0 Å². The van der Waals surface area contributed by atoms with Gasteiger partial charge in [-0.3, -0.25) is 4.57 Å². The number of anilines is 1. The van der Waals surface area contributed by atoms with Crippen LogP contribution in [0.2, 0.25) is 0 Å². The van der Waals surface area contributed by atoms with Gasteiger partial charge < -0.3 is 15.2 Å². The molecule has 1 aromatic carbocycles. The van der Waals surface area contributed by atoms with Crippen molar-refractivity contribution in [1.29, 1.82) is 0 Å². The van der Waals surface area contributed by atoms with Gasteiger partial charge in [-0.2, -0.15) is 0 Å². The van der Waals surface area contributed by atoms with Crippen LogP contribution in [0.25, 0.3) is 5.69 Å². The molecule has 2 rings (SSSR count). The highest BCUT2D eigenvalue weighted by Gasteiger charge is 2.10. The molecule has 2 N–H and O–H groups in total. The Morgan fingerprint density at radius 2 is 1.69 bits per heavy atom. The summed E-state index contributed by atoms with van der Waals surface area (Å²) >= 11 is 0. The normalized spacial score (nSPS) is 10.1. The maximum Gasteiger partial charge on any atom is 0.145 e. The number of aromatic nitrogens is 3. The van der Waals surface area contributed by atoms with E-state index in [2.05, 4.69) is 10.2 Å². The lowest BCUT2D eigenvalue weighted by molar-refractivity contribution is 0.403. The largest absolute Gasteiger partial charge is 0.495 e. The van der Waals surface area contributed by atoms with Crippen molar-refractivity contribution in [3.05, 3.63) is 24.8 Å². The van der Waals surface area contributed by atoms with E-state index in [0.29, 0.717) is 17.2 Å². The summed E-state index contributed by atoms with van der Waals surface area (Å²) in [4.78, 5) is 0. The van der Waals surface area contributed by atoms with Crippen molar-refractivity contribution in [1.82, 2.24) is 14.8 Å². The van der Waals surface area contributed by atoms with E-state index in [0.717, 1.165) is 5.69 Å². The van der Waals surface area contributed by atoms with E-state index >= 15 is 0 Å². The van der Waals surface area contributed by atoms with Crippen molar-refractivity contribution in [2.45, 2.75) is 0 Å². The first-order chi connectivity index (χ1) is 7.76. The van der Waals surface area contributed by atoms with E-state index in [1.54, 1.807) is 43.6 Å². The van der Waals surface area contributed by atoms with Crippen LogP contribution in [0.1, 0.15) is 0 Å². The van der Waals surface area contributed by atoms with E-state index in [-0.39, 0.29) is 0 Å². The van der Waals surface area contributed by atoms with Crippen LogP contribution in [0, 0.1) is 0 Å². The van der Waals surface area contributed by atoms with Crippen LogP contribution in [-0.4, -0.2) is 29.0 Å². The number of ether oxygens (including phenoxy) is 2. The van der Waals surface area contributed by atoms with Crippen molar-refractivity contribution in [2.24, 2.45) is 0 Å². The minimum atomic E-state index is 0.524. The van der Waals surface area contributed by atoms with Gasteiger partial charge in [-0.1, -0.05) is 0 Å². The first-order valence-electron chi connectivity index (χ1n) is 4.62. The fourth-order valence-electron chi connectivity index (χ4n) is 1.43. The van der Waals surface area contributed by atoms with Gasteiger partial charge in [-0.25, -0.2) is 0 Å². The number of methoxy groups -OCH3 is 2. The highest BCUT2D eigenvalue weighted by Crippen LogP contribution is 2.32. The fraction of sp³-hybridized carbons (Fsp3) is 0.200. The topological polar surface area (TPSA) is 75.2 Å². The summed E-state index contributed by atoms with van der Waals surface area (Å²) in [6, 6.07) is 3.48. The second-order valence-electron chi connectivity index (χ2n) is 3.14. The molecule has 0 bridgehead atoms. The maximum absolute atomic E-state index is 5.78. The van der Waals surface area contributed by atoms with Crippen LogP contribution in [-0.2, 0) is 0 Å². The predicted octanol–water partition coefficient (Wildman–Crippen LogP) is 0.867. The second-order valence-corrected chi connectivity index (χ2v) is 3.14. The first kappa shape index (κ1) is 10.3. The summed E-state index contributed by atoms with van der Waals surface area (Å²) in [5.41, 5.74) is 7.08. The molecule has 0 saturated heterocycles. The summed E-state index contributed by atoms with van der Waals surface area (Å²) in [5.74, 6) is 1.22. The minimum Gasteiger partial charge on any atom is -0.495 e. The van der Waals surface area contributed by atoms with E-state index < -0.39 is 0 Å². The smallest absolute Gasteiger partial charge is 0.145 e.